The summed E-state index contributed by atoms with van der Waals surface area (Å²) in [5.41, 5.74) is 2.83. The molecule has 0 amide bonds. The van der Waals surface area contributed by atoms with Gasteiger partial charge < -0.3 is 4.74 Å². The number of esters is 1. The third-order valence-corrected chi connectivity index (χ3v) is 3.11. The van der Waals surface area contributed by atoms with Crippen LogP contribution in [0.15, 0.2) is 24.3 Å². The predicted octanol–water partition coefficient (Wildman–Crippen LogP) is 3.30. The molecule has 18 heavy (non-hydrogen) atoms. The standard InChI is InChI=1S/C14H14ClNO2/c1-9-7-12(15)11-8-10(3-5-13(11)16-9)4-6-14(17)18-2/h3,5,7-8H,4,6H2,1-2H3. The van der Waals surface area contributed by atoms with E-state index in [9.17, 15) is 4.79 Å². The molecule has 0 N–H and O–H groups in total. The summed E-state index contributed by atoms with van der Waals surface area (Å²) < 4.78 is 4.62. The van der Waals surface area contributed by atoms with Gasteiger partial charge in [-0.1, -0.05) is 17.7 Å². The molecule has 0 bridgehead atoms. The topological polar surface area (TPSA) is 39.2 Å². The lowest BCUT2D eigenvalue weighted by molar-refractivity contribution is -0.140. The first-order valence-corrected chi connectivity index (χ1v) is 6.10. The number of ether oxygens (including phenoxy) is 1. The maximum Gasteiger partial charge on any atom is 0.305 e. The van der Waals surface area contributed by atoms with Crippen LogP contribution in [0.5, 0.6) is 0 Å². The van der Waals surface area contributed by atoms with Crippen LogP contribution < -0.4 is 0 Å². The summed E-state index contributed by atoms with van der Waals surface area (Å²) >= 11 is 6.19. The van der Waals surface area contributed by atoms with Crippen molar-refractivity contribution >= 4 is 28.5 Å². The summed E-state index contributed by atoms with van der Waals surface area (Å²) in [7, 11) is 1.40. The maximum atomic E-state index is 11.1. The zero-order valence-electron chi connectivity index (χ0n) is 10.4. The molecule has 0 fully saturated rings. The summed E-state index contributed by atoms with van der Waals surface area (Å²) in [5.74, 6) is -0.205. The van der Waals surface area contributed by atoms with Crippen molar-refractivity contribution < 1.29 is 9.53 Å². The number of hydrogen-bond donors (Lipinski definition) is 0. The van der Waals surface area contributed by atoms with Crippen LogP contribution in [0.4, 0.5) is 0 Å². The van der Waals surface area contributed by atoms with Crippen LogP contribution in [0.25, 0.3) is 10.9 Å². The largest absolute Gasteiger partial charge is 0.469 e. The first-order chi connectivity index (χ1) is 8.60. The van der Waals surface area contributed by atoms with Crippen LogP contribution in [-0.2, 0) is 16.0 Å². The number of carbonyl (C=O) groups is 1. The van der Waals surface area contributed by atoms with Crippen LogP contribution in [-0.4, -0.2) is 18.1 Å². The first-order valence-electron chi connectivity index (χ1n) is 5.73. The number of pyridine rings is 1. The highest BCUT2D eigenvalue weighted by atomic mass is 35.5. The molecule has 0 atom stereocenters. The Hall–Kier alpha value is -1.61. The van der Waals surface area contributed by atoms with Gasteiger partial charge in [-0.15, -0.1) is 0 Å². The molecule has 0 radical (unpaired) electrons. The van der Waals surface area contributed by atoms with E-state index < -0.39 is 0 Å². The van der Waals surface area contributed by atoms with E-state index in [2.05, 4.69) is 9.72 Å². The minimum Gasteiger partial charge on any atom is -0.469 e. The number of halogens is 1. The number of hydrogen-bond acceptors (Lipinski definition) is 3. The number of fused-ring (bicyclic) bond motifs is 1. The average molecular weight is 264 g/mol. The number of methoxy groups -OCH3 is 1. The molecule has 0 spiro atoms. The lowest BCUT2D eigenvalue weighted by Crippen LogP contribution is -2.01. The van der Waals surface area contributed by atoms with Gasteiger partial charge in [-0.05, 0) is 37.1 Å². The molecule has 0 aliphatic rings. The molecule has 1 aromatic heterocycles. The number of carbonyl (C=O) groups excluding carboxylic acids is 1. The van der Waals surface area contributed by atoms with Gasteiger partial charge in [0.25, 0.3) is 0 Å². The minimum absolute atomic E-state index is 0.205. The van der Waals surface area contributed by atoms with Crippen LogP contribution in [0.1, 0.15) is 17.7 Å². The van der Waals surface area contributed by atoms with E-state index in [4.69, 9.17) is 11.6 Å². The summed E-state index contributed by atoms with van der Waals surface area (Å²) in [6.07, 6.45) is 1.02. The lowest BCUT2D eigenvalue weighted by Gasteiger charge is -2.05. The van der Waals surface area contributed by atoms with E-state index in [1.165, 1.54) is 7.11 Å². The summed E-state index contributed by atoms with van der Waals surface area (Å²) in [6.45, 7) is 1.91. The monoisotopic (exact) mass is 263 g/mol. The van der Waals surface area contributed by atoms with Gasteiger partial charge in [0, 0.05) is 17.5 Å². The number of aryl methyl sites for hydroxylation is 2. The molecular weight excluding hydrogens is 250 g/mol. The van der Waals surface area contributed by atoms with E-state index in [0.717, 1.165) is 22.2 Å². The Morgan fingerprint density at radius 1 is 1.39 bits per heavy atom. The van der Waals surface area contributed by atoms with E-state index in [0.29, 0.717) is 17.9 Å². The van der Waals surface area contributed by atoms with Crippen molar-refractivity contribution in [3.8, 4) is 0 Å². The second kappa shape index (κ2) is 5.36. The summed E-state index contributed by atoms with van der Waals surface area (Å²) in [4.78, 5) is 15.5. The van der Waals surface area contributed by atoms with Gasteiger partial charge in [0.15, 0.2) is 0 Å². The Kier molecular flexibility index (Phi) is 3.82. The molecule has 0 saturated heterocycles. The average Bonchev–Trinajstić information content (AvgIpc) is 2.36. The van der Waals surface area contributed by atoms with Crippen molar-refractivity contribution in [2.75, 3.05) is 7.11 Å². The van der Waals surface area contributed by atoms with Crippen molar-refractivity contribution in [2.45, 2.75) is 19.8 Å². The summed E-state index contributed by atoms with van der Waals surface area (Å²) in [5, 5.41) is 1.61. The van der Waals surface area contributed by atoms with E-state index in [1.54, 1.807) is 0 Å². The van der Waals surface area contributed by atoms with Crippen LogP contribution in [0, 0.1) is 6.92 Å². The van der Waals surface area contributed by atoms with E-state index >= 15 is 0 Å². The van der Waals surface area contributed by atoms with E-state index in [-0.39, 0.29) is 5.97 Å². The Morgan fingerprint density at radius 3 is 2.89 bits per heavy atom. The zero-order chi connectivity index (χ0) is 13.1. The molecule has 2 aromatic rings. The molecule has 1 heterocycles. The van der Waals surface area contributed by atoms with E-state index in [1.807, 2.05) is 31.2 Å². The van der Waals surface area contributed by atoms with Crippen LogP contribution >= 0.6 is 11.6 Å². The van der Waals surface area contributed by atoms with Crippen molar-refractivity contribution in [2.24, 2.45) is 0 Å². The molecule has 0 saturated carbocycles. The SMILES string of the molecule is COC(=O)CCc1ccc2nc(C)cc(Cl)c2c1. The van der Waals surface area contributed by atoms with Gasteiger partial charge in [-0.3, -0.25) is 9.78 Å². The van der Waals surface area contributed by atoms with Crippen molar-refractivity contribution in [3.05, 3.63) is 40.5 Å². The Morgan fingerprint density at radius 2 is 2.17 bits per heavy atom. The molecule has 3 nitrogen and oxygen atoms in total. The highest BCUT2D eigenvalue weighted by Crippen LogP contribution is 2.24. The molecule has 0 aliphatic heterocycles. The summed E-state index contributed by atoms with van der Waals surface area (Å²) in [6, 6.07) is 7.72. The lowest BCUT2D eigenvalue weighted by atomic mass is 10.1. The fraction of sp³-hybridized carbons (Fsp3) is 0.286. The molecule has 2 rings (SSSR count). The maximum absolute atomic E-state index is 11.1. The second-order valence-electron chi connectivity index (χ2n) is 4.17. The fourth-order valence-electron chi connectivity index (χ4n) is 1.86. The van der Waals surface area contributed by atoms with Gasteiger partial charge in [-0.2, -0.15) is 0 Å². The van der Waals surface area contributed by atoms with Gasteiger partial charge >= 0.3 is 5.97 Å². The molecule has 0 unspecified atom stereocenters. The molecular formula is C14H14ClNO2. The highest BCUT2D eigenvalue weighted by molar-refractivity contribution is 6.35. The Bertz CT molecular complexity index is 596. The van der Waals surface area contributed by atoms with Gasteiger partial charge in [-0.25, -0.2) is 0 Å². The van der Waals surface area contributed by atoms with Crippen LogP contribution in [0.2, 0.25) is 5.02 Å². The minimum atomic E-state index is -0.205. The number of aromatic nitrogens is 1. The molecule has 1 aromatic carbocycles. The second-order valence-corrected chi connectivity index (χ2v) is 4.58. The molecule has 0 aliphatic carbocycles. The highest BCUT2D eigenvalue weighted by Gasteiger charge is 2.05. The van der Waals surface area contributed by atoms with Crippen molar-refractivity contribution in [3.63, 3.8) is 0 Å². The third-order valence-electron chi connectivity index (χ3n) is 2.80. The van der Waals surface area contributed by atoms with Gasteiger partial charge in [0.1, 0.15) is 0 Å². The number of nitrogens with zero attached hydrogens (tertiary/aromatic N) is 1. The number of benzene rings is 1. The van der Waals surface area contributed by atoms with Crippen molar-refractivity contribution in [1.82, 2.24) is 4.98 Å². The molecule has 94 valence electrons. The normalized spacial score (nSPS) is 10.6. The quantitative estimate of drug-likeness (QED) is 0.798. The van der Waals surface area contributed by atoms with Crippen molar-refractivity contribution in [1.29, 1.82) is 0 Å². The Labute approximate surface area is 111 Å². The third kappa shape index (κ3) is 2.79. The zero-order valence-corrected chi connectivity index (χ0v) is 11.1. The Balaban J connectivity index is 2.30. The predicted molar refractivity (Wildman–Crippen MR) is 71.8 cm³/mol. The van der Waals surface area contributed by atoms with Gasteiger partial charge in [0.05, 0.1) is 17.6 Å². The smallest absolute Gasteiger partial charge is 0.305 e. The van der Waals surface area contributed by atoms with Crippen LogP contribution in [0.3, 0.4) is 0 Å². The van der Waals surface area contributed by atoms with Gasteiger partial charge in [0.2, 0.25) is 0 Å². The number of rotatable bonds is 3. The first kappa shape index (κ1) is 12.8. The molecule has 4 heteroatoms. The fourth-order valence-corrected chi connectivity index (χ4v) is 2.17.